The van der Waals surface area contributed by atoms with Crippen LogP contribution in [-0.2, 0) is 11.2 Å². The van der Waals surface area contributed by atoms with Crippen molar-refractivity contribution in [3.8, 4) is 0 Å². The summed E-state index contributed by atoms with van der Waals surface area (Å²) in [5.74, 6) is -0.736. The molecule has 0 aromatic carbocycles. The number of aromatic nitrogens is 1. The lowest BCUT2D eigenvalue weighted by Crippen LogP contribution is -2.48. The van der Waals surface area contributed by atoms with Crippen LogP contribution in [0.3, 0.4) is 0 Å². The molecule has 1 aromatic heterocycles. The van der Waals surface area contributed by atoms with Gasteiger partial charge in [-0.2, -0.15) is 0 Å². The maximum absolute atomic E-state index is 10.6. The number of carboxylic acids is 1. The van der Waals surface area contributed by atoms with Gasteiger partial charge >= 0.3 is 5.97 Å². The zero-order valence-corrected chi connectivity index (χ0v) is 10.5. The van der Waals surface area contributed by atoms with E-state index in [2.05, 4.69) is 9.88 Å². The molecule has 98 valence electrons. The molecule has 2 heterocycles. The number of hydrogen-bond acceptors (Lipinski definition) is 4. The van der Waals surface area contributed by atoms with Crippen LogP contribution in [0, 0.1) is 0 Å². The van der Waals surface area contributed by atoms with Crippen LogP contribution in [-0.4, -0.2) is 65.1 Å². The topological polar surface area (TPSA) is 56.7 Å². The maximum atomic E-state index is 10.6. The van der Waals surface area contributed by atoms with Gasteiger partial charge in [-0.3, -0.25) is 14.7 Å². The highest BCUT2D eigenvalue weighted by atomic mass is 16.4. The summed E-state index contributed by atoms with van der Waals surface area (Å²) in [5.41, 5.74) is 1.30. The monoisotopic (exact) mass is 249 g/mol. The molecule has 5 heteroatoms. The second-order valence-corrected chi connectivity index (χ2v) is 4.62. The summed E-state index contributed by atoms with van der Waals surface area (Å²) in [5, 5.41) is 8.72. The Morgan fingerprint density at radius 3 is 2.39 bits per heavy atom. The van der Waals surface area contributed by atoms with E-state index < -0.39 is 5.97 Å². The zero-order chi connectivity index (χ0) is 12.8. The Labute approximate surface area is 107 Å². The summed E-state index contributed by atoms with van der Waals surface area (Å²) in [6, 6.07) is 4.08. The van der Waals surface area contributed by atoms with Crippen molar-refractivity contribution in [2.24, 2.45) is 0 Å². The first-order valence-corrected chi connectivity index (χ1v) is 6.29. The number of pyridine rings is 1. The lowest BCUT2D eigenvalue weighted by Gasteiger charge is -2.33. The normalized spacial score (nSPS) is 17.8. The van der Waals surface area contributed by atoms with Crippen LogP contribution in [0.2, 0.25) is 0 Å². The van der Waals surface area contributed by atoms with Crippen molar-refractivity contribution in [2.75, 3.05) is 39.3 Å². The number of carbonyl (C=O) groups is 1. The molecule has 0 radical (unpaired) electrons. The smallest absolute Gasteiger partial charge is 0.317 e. The van der Waals surface area contributed by atoms with Gasteiger partial charge in [-0.15, -0.1) is 0 Å². The van der Waals surface area contributed by atoms with Crippen LogP contribution in [0.25, 0.3) is 0 Å². The molecule has 18 heavy (non-hydrogen) atoms. The van der Waals surface area contributed by atoms with Crippen molar-refractivity contribution >= 4 is 5.97 Å². The summed E-state index contributed by atoms with van der Waals surface area (Å²) in [6.07, 6.45) is 4.67. The molecule has 0 saturated carbocycles. The highest BCUT2D eigenvalue weighted by Crippen LogP contribution is 2.04. The molecule has 5 nitrogen and oxygen atoms in total. The van der Waals surface area contributed by atoms with Gasteiger partial charge in [0, 0.05) is 45.1 Å². The molecule has 1 aliphatic rings. The van der Waals surface area contributed by atoms with E-state index >= 15 is 0 Å². The van der Waals surface area contributed by atoms with Crippen molar-refractivity contribution in [3.05, 3.63) is 30.1 Å². The fourth-order valence-corrected chi connectivity index (χ4v) is 2.20. The van der Waals surface area contributed by atoms with E-state index in [9.17, 15) is 4.79 Å². The van der Waals surface area contributed by atoms with Crippen molar-refractivity contribution in [1.82, 2.24) is 14.8 Å². The molecule has 1 saturated heterocycles. The Morgan fingerprint density at radius 2 is 1.78 bits per heavy atom. The third-order valence-electron chi connectivity index (χ3n) is 3.29. The standard InChI is InChI=1S/C13H19N3O2/c17-13(18)11-16-9-7-15(8-10-16)6-3-12-1-4-14-5-2-12/h1-2,4-5H,3,6-11H2,(H,17,18). The minimum atomic E-state index is -0.736. The predicted molar refractivity (Wildman–Crippen MR) is 68.5 cm³/mol. The van der Waals surface area contributed by atoms with E-state index in [1.54, 1.807) is 0 Å². The second-order valence-electron chi connectivity index (χ2n) is 4.62. The SMILES string of the molecule is O=C(O)CN1CCN(CCc2ccncc2)CC1. The van der Waals surface area contributed by atoms with Crippen LogP contribution in [0.5, 0.6) is 0 Å². The van der Waals surface area contributed by atoms with E-state index in [1.807, 2.05) is 29.4 Å². The van der Waals surface area contributed by atoms with Crippen LogP contribution in [0.15, 0.2) is 24.5 Å². The quantitative estimate of drug-likeness (QED) is 0.815. The fraction of sp³-hybridized carbons (Fsp3) is 0.538. The van der Waals surface area contributed by atoms with Gasteiger partial charge in [0.2, 0.25) is 0 Å². The van der Waals surface area contributed by atoms with Crippen LogP contribution < -0.4 is 0 Å². The van der Waals surface area contributed by atoms with Crippen molar-refractivity contribution in [2.45, 2.75) is 6.42 Å². The lowest BCUT2D eigenvalue weighted by molar-refractivity contribution is -0.138. The molecule has 0 unspecified atom stereocenters. The maximum Gasteiger partial charge on any atom is 0.317 e. The average Bonchev–Trinajstić information content (AvgIpc) is 2.38. The van der Waals surface area contributed by atoms with Gasteiger partial charge in [0.1, 0.15) is 0 Å². The predicted octanol–water partition coefficient (Wildman–Crippen LogP) is 0.326. The van der Waals surface area contributed by atoms with Crippen LogP contribution in [0.1, 0.15) is 5.56 Å². The highest BCUT2D eigenvalue weighted by molar-refractivity contribution is 5.69. The Bertz CT molecular complexity index is 375. The molecule has 1 aromatic rings. The highest BCUT2D eigenvalue weighted by Gasteiger charge is 2.17. The van der Waals surface area contributed by atoms with Crippen molar-refractivity contribution in [3.63, 3.8) is 0 Å². The average molecular weight is 249 g/mol. The molecular weight excluding hydrogens is 230 g/mol. The first-order chi connectivity index (χ1) is 8.74. The Morgan fingerprint density at radius 1 is 1.17 bits per heavy atom. The number of aliphatic carboxylic acids is 1. The van der Waals surface area contributed by atoms with E-state index in [4.69, 9.17) is 5.11 Å². The molecule has 1 N–H and O–H groups in total. The Balaban J connectivity index is 1.69. The van der Waals surface area contributed by atoms with Gasteiger partial charge in [0.25, 0.3) is 0 Å². The first-order valence-electron chi connectivity index (χ1n) is 6.29. The summed E-state index contributed by atoms with van der Waals surface area (Å²) < 4.78 is 0. The number of hydrogen-bond donors (Lipinski definition) is 1. The molecular formula is C13H19N3O2. The number of carboxylic acid groups (broad SMARTS) is 1. The molecule has 1 fully saturated rings. The number of nitrogens with zero attached hydrogens (tertiary/aromatic N) is 3. The van der Waals surface area contributed by atoms with Gasteiger partial charge in [-0.25, -0.2) is 0 Å². The minimum absolute atomic E-state index is 0.165. The molecule has 0 bridgehead atoms. The van der Waals surface area contributed by atoms with E-state index in [0.29, 0.717) is 0 Å². The minimum Gasteiger partial charge on any atom is -0.480 e. The summed E-state index contributed by atoms with van der Waals surface area (Å²) in [7, 11) is 0. The third-order valence-corrected chi connectivity index (χ3v) is 3.29. The Hall–Kier alpha value is -1.46. The lowest BCUT2D eigenvalue weighted by atomic mass is 10.2. The molecule has 2 rings (SSSR count). The molecule has 0 aliphatic carbocycles. The largest absolute Gasteiger partial charge is 0.480 e. The second kappa shape index (κ2) is 6.47. The number of rotatable bonds is 5. The summed E-state index contributed by atoms with van der Waals surface area (Å²) in [6.45, 7) is 4.81. The fourth-order valence-electron chi connectivity index (χ4n) is 2.20. The van der Waals surface area contributed by atoms with Crippen molar-refractivity contribution in [1.29, 1.82) is 0 Å². The van der Waals surface area contributed by atoms with Crippen molar-refractivity contribution < 1.29 is 9.90 Å². The molecule has 0 atom stereocenters. The van der Waals surface area contributed by atoms with E-state index in [1.165, 1.54) is 5.56 Å². The summed E-state index contributed by atoms with van der Waals surface area (Å²) >= 11 is 0. The first kappa shape index (κ1) is 13.0. The zero-order valence-electron chi connectivity index (χ0n) is 10.5. The van der Waals surface area contributed by atoms with Gasteiger partial charge in [-0.1, -0.05) is 0 Å². The molecule has 0 amide bonds. The Kier molecular flexibility index (Phi) is 4.66. The van der Waals surface area contributed by atoms with Gasteiger partial charge < -0.3 is 10.0 Å². The van der Waals surface area contributed by atoms with E-state index in [0.717, 1.165) is 39.1 Å². The molecule has 0 spiro atoms. The van der Waals surface area contributed by atoms with Gasteiger partial charge in [0.15, 0.2) is 0 Å². The summed E-state index contributed by atoms with van der Waals surface area (Å²) in [4.78, 5) is 19.0. The number of piperazine rings is 1. The van der Waals surface area contributed by atoms with Crippen LogP contribution in [0.4, 0.5) is 0 Å². The third kappa shape index (κ3) is 4.09. The van der Waals surface area contributed by atoms with Crippen LogP contribution >= 0.6 is 0 Å². The van der Waals surface area contributed by atoms with E-state index in [-0.39, 0.29) is 6.54 Å². The van der Waals surface area contributed by atoms with Gasteiger partial charge in [-0.05, 0) is 24.1 Å². The molecule has 1 aliphatic heterocycles. The van der Waals surface area contributed by atoms with Gasteiger partial charge in [0.05, 0.1) is 6.54 Å².